The molecule has 0 radical (unpaired) electrons. The topological polar surface area (TPSA) is 81.7 Å². The van der Waals surface area contributed by atoms with Crippen LogP contribution in [0, 0.1) is 0 Å². The second kappa shape index (κ2) is 15.3. The van der Waals surface area contributed by atoms with Gasteiger partial charge in [0, 0.05) is 18.7 Å². The van der Waals surface area contributed by atoms with Crippen LogP contribution < -0.4 is 24.8 Å². The van der Waals surface area contributed by atoms with E-state index in [0.29, 0.717) is 5.56 Å². The number of ether oxygens (including phenoxy) is 3. The van der Waals surface area contributed by atoms with Crippen LogP contribution in [-0.4, -0.2) is 48.1 Å². The smallest absolute Gasteiger partial charge is 0.428 e. The van der Waals surface area contributed by atoms with Crippen molar-refractivity contribution in [1.29, 1.82) is 0 Å². The van der Waals surface area contributed by atoms with E-state index in [-0.39, 0.29) is 34.5 Å². The van der Waals surface area contributed by atoms with Crippen molar-refractivity contribution in [3.63, 3.8) is 0 Å². The Morgan fingerprint density at radius 1 is 0.704 bits per heavy atom. The Balaban J connectivity index is 1.88. The lowest BCUT2D eigenvalue weighted by molar-refractivity contribution is -0.361. The Morgan fingerprint density at radius 3 is 1.89 bits per heavy atom. The van der Waals surface area contributed by atoms with Crippen molar-refractivity contribution in [3.8, 4) is 17.2 Å². The van der Waals surface area contributed by atoms with Gasteiger partial charge in [0.2, 0.25) is 0 Å². The summed E-state index contributed by atoms with van der Waals surface area (Å²) < 4.78 is 198. The van der Waals surface area contributed by atoms with E-state index < -0.39 is 78.0 Å². The van der Waals surface area contributed by atoms with Crippen molar-refractivity contribution >= 4 is 23.3 Å². The SMILES string of the molecule is O=C(Nc1cc(OC(F)(F)C(F)(F)F)ccc1OC(F)(F)C(F)(F)F)N[C@@](Cc1ccccc1)(c1cccc(OC(F)(F)C(F)F)c1)c1ccc(Cl)cn1. The van der Waals surface area contributed by atoms with Crippen LogP contribution in [0.1, 0.15) is 16.8 Å². The van der Waals surface area contributed by atoms with Crippen molar-refractivity contribution in [2.45, 2.75) is 49.1 Å². The van der Waals surface area contributed by atoms with Crippen molar-refractivity contribution in [2.24, 2.45) is 0 Å². The molecule has 0 spiro atoms. The van der Waals surface area contributed by atoms with E-state index in [1.807, 2.05) is 0 Å². The summed E-state index contributed by atoms with van der Waals surface area (Å²) >= 11 is 5.97. The van der Waals surface area contributed by atoms with Crippen LogP contribution in [-0.2, 0) is 12.0 Å². The van der Waals surface area contributed by atoms with Crippen LogP contribution in [0.25, 0.3) is 0 Å². The molecule has 0 unspecified atom stereocenters. The van der Waals surface area contributed by atoms with Crippen LogP contribution in [0.3, 0.4) is 0 Å². The maximum absolute atomic E-state index is 13.9. The quantitative estimate of drug-likeness (QED) is 0.131. The zero-order chi connectivity index (χ0) is 40.3. The van der Waals surface area contributed by atoms with Gasteiger partial charge in [-0.05, 0) is 47.5 Å². The number of anilines is 1. The highest BCUT2D eigenvalue weighted by Crippen LogP contribution is 2.43. The van der Waals surface area contributed by atoms with Crippen LogP contribution in [0.4, 0.5) is 71.9 Å². The van der Waals surface area contributed by atoms with Gasteiger partial charge < -0.3 is 24.8 Å². The number of rotatable bonds is 13. The van der Waals surface area contributed by atoms with E-state index in [1.165, 1.54) is 36.4 Å². The summed E-state index contributed by atoms with van der Waals surface area (Å²) in [6.45, 7) is 0. The van der Waals surface area contributed by atoms with Gasteiger partial charge in [0.05, 0.1) is 16.4 Å². The largest absolute Gasteiger partial charge is 0.499 e. The van der Waals surface area contributed by atoms with Gasteiger partial charge in [0.1, 0.15) is 17.0 Å². The third kappa shape index (κ3) is 9.66. The average Bonchev–Trinajstić information content (AvgIpc) is 3.05. The summed E-state index contributed by atoms with van der Waals surface area (Å²) in [5.74, 6) is -4.04. The summed E-state index contributed by atoms with van der Waals surface area (Å²) in [6.07, 6.45) is -33.5. The normalized spacial score (nSPS) is 13.9. The summed E-state index contributed by atoms with van der Waals surface area (Å²) in [4.78, 5) is 17.9. The predicted molar refractivity (Wildman–Crippen MR) is 160 cm³/mol. The third-order valence-electron chi connectivity index (χ3n) is 6.98. The molecule has 1 atom stereocenters. The molecule has 0 saturated carbocycles. The fraction of sp³-hybridized carbons (Fsp3) is 0.250. The number of hydrogen-bond acceptors (Lipinski definition) is 5. The van der Waals surface area contributed by atoms with Crippen molar-refractivity contribution in [2.75, 3.05) is 5.32 Å². The highest BCUT2D eigenvalue weighted by atomic mass is 35.5. The average molecular weight is 812 g/mol. The van der Waals surface area contributed by atoms with Crippen LogP contribution in [0.2, 0.25) is 5.02 Å². The molecule has 1 aromatic heterocycles. The monoisotopic (exact) mass is 811 g/mol. The molecule has 0 fully saturated rings. The number of hydrogen-bond donors (Lipinski definition) is 2. The minimum absolute atomic E-state index is 0.00131. The molecular weight excluding hydrogens is 792 g/mol. The van der Waals surface area contributed by atoms with Gasteiger partial charge in [-0.2, -0.15) is 61.5 Å². The number of nitrogens with zero attached hydrogens (tertiary/aromatic N) is 1. The summed E-state index contributed by atoms with van der Waals surface area (Å²) in [6, 6.07) is 12.2. The number of halogens is 15. The van der Waals surface area contributed by atoms with Crippen molar-refractivity contribution in [3.05, 3.63) is 113 Å². The number of benzene rings is 3. The fourth-order valence-electron chi connectivity index (χ4n) is 4.59. The van der Waals surface area contributed by atoms with Crippen molar-refractivity contribution in [1.82, 2.24) is 10.3 Å². The molecular formula is C32H20ClF14N3O4. The van der Waals surface area contributed by atoms with Crippen LogP contribution in [0.15, 0.2) is 91.1 Å². The third-order valence-corrected chi connectivity index (χ3v) is 7.21. The highest BCUT2D eigenvalue weighted by Gasteiger charge is 2.62. The van der Waals surface area contributed by atoms with Crippen LogP contribution >= 0.6 is 11.6 Å². The van der Waals surface area contributed by atoms with E-state index in [1.54, 1.807) is 11.4 Å². The molecule has 0 aliphatic rings. The zero-order valence-corrected chi connectivity index (χ0v) is 27.0. The van der Waals surface area contributed by atoms with E-state index in [0.717, 1.165) is 30.5 Å². The highest BCUT2D eigenvalue weighted by molar-refractivity contribution is 6.30. The lowest BCUT2D eigenvalue weighted by atomic mass is 9.80. The molecule has 2 amide bonds. The summed E-state index contributed by atoms with van der Waals surface area (Å²) in [7, 11) is 0. The standard InChI is InChI=1S/C32H20ClF14N3O4/c33-19-9-12-24(48-16-19)27(15-17-5-2-1-3-6-17,18-7-4-8-20(13-18)52-28(36,37)25(34)35)50-26(51)49-22-14-21(53-31(44,45)29(38,39)40)10-11-23(22)54-32(46,47)30(41,42)43/h1-14,16,25H,15H2,(H2,49,50,51)/t27-/m0/s1. The van der Waals surface area contributed by atoms with Gasteiger partial charge >= 0.3 is 43.1 Å². The van der Waals surface area contributed by atoms with E-state index in [4.69, 9.17) is 11.6 Å². The Bertz CT molecular complexity index is 1910. The lowest BCUT2D eigenvalue weighted by Gasteiger charge is -2.36. The molecule has 0 aliphatic heterocycles. The van der Waals surface area contributed by atoms with Gasteiger partial charge in [0.15, 0.2) is 5.75 Å². The number of carbonyl (C=O) groups excluding carboxylic acids is 1. The van der Waals surface area contributed by atoms with E-state index in [2.05, 4.69) is 24.5 Å². The van der Waals surface area contributed by atoms with Gasteiger partial charge in [0.25, 0.3) is 0 Å². The molecule has 292 valence electrons. The Morgan fingerprint density at radius 2 is 1.31 bits per heavy atom. The maximum atomic E-state index is 13.9. The second-order valence-electron chi connectivity index (χ2n) is 10.9. The molecule has 3 aromatic carbocycles. The van der Waals surface area contributed by atoms with Crippen LogP contribution in [0.5, 0.6) is 17.2 Å². The Labute approximate surface area is 298 Å². The van der Waals surface area contributed by atoms with E-state index >= 15 is 0 Å². The molecule has 54 heavy (non-hydrogen) atoms. The first-order valence-electron chi connectivity index (χ1n) is 14.5. The second-order valence-corrected chi connectivity index (χ2v) is 11.3. The first-order chi connectivity index (χ1) is 24.8. The molecule has 2 N–H and O–H groups in total. The number of amides is 2. The lowest BCUT2D eigenvalue weighted by Crippen LogP contribution is -2.50. The summed E-state index contributed by atoms with van der Waals surface area (Å²) in [5.41, 5.74) is -3.76. The van der Waals surface area contributed by atoms with E-state index in [9.17, 15) is 66.3 Å². The number of nitrogens with one attached hydrogen (secondary N) is 2. The Hall–Kier alpha value is -5.21. The molecule has 0 bridgehead atoms. The van der Waals surface area contributed by atoms with Gasteiger partial charge in [-0.25, -0.2) is 4.79 Å². The first kappa shape index (κ1) is 41.5. The zero-order valence-electron chi connectivity index (χ0n) is 26.2. The van der Waals surface area contributed by atoms with Gasteiger partial charge in [-0.1, -0.05) is 54.1 Å². The number of pyridine rings is 1. The number of urea groups is 1. The number of alkyl halides is 14. The molecule has 22 heteroatoms. The summed E-state index contributed by atoms with van der Waals surface area (Å²) in [5, 5.41) is 4.05. The Kier molecular flexibility index (Phi) is 11.7. The molecule has 4 rings (SSSR count). The molecule has 4 aromatic rings. The molecule has 1 heterocycles. The van der Waals surface area contributed by atoms with Crippen molar-refractivity contribution < 1.29 is 80.5 Å². The van der Waals surface area contributed by atoms with Gasteiger partial charge in [-0.15, -0.1) is 0 Å². The number of carbonyl (C=O) groups is 1. The first-order valence-corrected chi connectivity index (χ1v) is 14.8. The maximum Gasteiger partial charge on any atom is 0.499 e. The minimum Gasteiger partial charge on any atom is -0.428 e. The minimum atomic E-state index is -6.41. The fourth-order valence-corrected chi connectivity index (χ4v) is 4.70. The molecule has 7 nitrogen and oxygen atoms in total. The predicted octanol–water partition coefficient (Wildman–Crippen LogP) is 10.3. The van der Waals surface area contributed by atoms with Gasteiger partial charge in [-0.3, -0.25) is 4.98 Å². The molecule has 0 aliphatic carbocycles. The number of aromatic nitrogens is 1. The molecule has 0 saturated heterocycles.